The van der Waals surface area contributed by atoms with Crippen LogP contribution in [0.5, 0.6) is 0 Å². The predicted molar refractivity (Wildman–Crippen MR) is 77.7 cm³/mol. The van der Waals surface area contributed by atoms with Crippen LogP contribution < -0.4 is 5.32 Å². The fourth-order valence-corrected chi connectivity index (χ4v) is 4.22. The summed E-state index contributed by atoms with van der Waals surface area (Å²) in [6.07, 6.45) is 9.18. The monoisotopic (exact) mass is 259 g/mol. The van der Waals surface area contributed by atoms with E-state index in [0.29, 0.717) is 17.9 Å². The Balaban J connectivity index is 2.47. The van der Waals surface area contributed by atoms with Gasteiger partial charge in [0.15, 0.2) is 0 Å². The molecule has 0 aromatic carbocycles. The zero-order chi connectivity index (χ0) is 12.5. The van der Waals surface area contributed by atoms with E-state index >= 15 is 0 Å². The van der Waals surface area contributed by atoms with Crippen molar-refractivity contribution in [3.63, 3.8) is 0 Å². The third kappa shape index (κ3) is 6.12. The summed E-state index contributed by atoms with van der Waals surface area (Å²) in [6.45, 7) is 5.86. The number of thioether (sulfide) groups is 1. The van der Waals surface area contributed by atoms with Crippen molar-refractivity contribution in [3.8, 4) is 0 Å². The van der Waals surface area contributed by atoms with Crippen LogP contribution in [0, 0.1) is 0 Å². The number of hydrogen-bond donors (Lipinski definition) is 2. The van der Waals surface area contributed by atoms with Crippen molar-refractivity contribution >= 4 is 11.8 Å². The molecule has 0 aromatic heterocycles. The highest BCUT2D eigenvalue weighted by atomic mass is 32.2. The average molecular weight is 259 g/mol. The van der Waals surface area contributed by atoms with E-state index in [1.165, 1.54) is 38.5 Å². The highest BCUT2D eigenvalue weighted by Crippen LogP contribution is 2.31. The lowest BCUT2D eigenvalue weighted by Gasteiger charge is -2.31. The van der Waals surface area contributed by atoms with Crippen LogP contribution in [0.1, 0.15) is 58.8 Å². The van der Waals surface area contributed by atoms with Gasteiger partial charge in [0.1, 0.15) is 0 Å². The van der Waals surface area contributed by atoms with E-state index in [-0.39, 0.29) is 0 Å². The van der Waals surface area contributed by atoms with E-state index in [1.54, 1.807) is 0 Å². The topological polar surface area (TPSA) is 32.3 Å². The van der Waals surface area contributed by atoms with E-state index in [1.807, 2.05) is 0 Å². The quantitative estimate of drug-likeness (QED) is 0.768. The molecule has 2 nitrogen and oxygen atoms in total. The highest BCUT2D eigenvalue weighted by Gasteiger charge is 2.24. The van der Waals surface area contributed by atoms with Crippen molar-refractivity contribution in [1.82, 2.24) is 5.32 Å². The van der Waals surface area contributed by atoms with Crippen LogP contribution >= 0.6 is 11.8 Å². The van der Waals surface area contributed by atoms with Crippen molar-refractivity contribution in [1.29, 1.82) is 0 Å². The molecular weight excluding hydrogens is 230 g/mol. The van der Waals surface area contributed by atoms with Crippen LogP contribution in [0.2, 0.25) is 0 Å². The molecule has 0 radical (unpaired) electrons. The molecule has 1 aliphatic carbocycles. The summed E-state index contributed by atoms with van der Waals surface area (Å²) in [5, 5.41) is 14.0. The number of aliphatic hydroxyl groups excluding tert-OH is 1. The Kier molecular flexibility index (Phi) is 8.33. The summed E-state index contributed by atoms with van der Waals surface area (Å²) >= 11 is 2.09. The summed E-state index contributed by atoms with van der Waals surface area (Å²) in [7, 11) is 0. The average Bonchev–Trinajstić information content (AvgIpc) is 2.28. The molecule has 1 aliphatic rings. The van der Waals surface area contributed by atoms with Gasteiger partial charge in [-0.05, 0) is 25.8 Å². The van der Waals surface area contributed by atoms with Crippen LogP contribution in [0.3, 0.4) is 0 Å². The minimum Gasteiger partial charge on any atom is -0.396 e. The molecule has 17 heavy (non-hydrogen) atoms. The first-order valence-corrected chi connectivity index (χ1v) is 8.22. The first-order chi connectivity index (χ1) is 8.27. The van der Waals surface area contributed by atoms with Crippen LogP contribution in [-0.2, 0) is 0 Å². The fourth-order valence-electron chi connectivity index (χ4n) is 2.66. The van der Waals surface area contributed by atoms with Crippen molar-refractivity contribution in [2.45, 2.75) is 75.3 Å². The molecule has 0 amide bonds. The molecule has 1 fully saturated rings. The highest BCUT2D eigenvalue weighted by molar-refractivity contribution is 8.00. The zero-order valence-electron chi connectivity index (χ0n) is 11.5. The van der Waals surface area contributed by atoms with Crippen LogP contribution in [-0.4, -0.2) is 34.8 Å². The van der Waals surface area contributed by atoms with Crippen molar-refractivity contribution < 1.29 is 5.11 Å². The molecular formula is C14H29NOS. The maximum absolute atomic E-state index is 9.01. The number of aliphatic hydroxyl groups is 1. The van der Waals surface area contributed by atoms with Gasteiger partial charge in [0.25, 0.3) is 0 Å². The number of nitrogens with one attached hydrogen (secondary N) is 1. The molecule has 0 saturated heterocycles. The standard InChI is InChI=1S/C14H29NOS/c1-3-15-13-8-6-4-5-7-9-14(13)17-12(2)10-11-16/h12-16H,3-11H2,1-2H3. The van der Waals surface area contributed by atoms with E-state index in [2.05, 4.69) is 30.9 Å². The molecule has 2 N–H and O–H groups in total. The summed E-state index contributed by atoms with van der Waals surface area (Å²) in [4.78, 5) is 0. The van der Waals surface area contributed by atoms with Gasteiger partial charge >= 0.3 is 0 Å². The second-order valence-corrected chi connectivity index (χ2v) is 6.84. The minimum absolute atomic E-state index is 0.326. The summed E-state index contributed by atoms with van der Waals surface area (Å²) in [5.41, 5.74) is 0. The lowest BCUT2D eigenvalue weighted by molar-refractivity contribution is 0.288. The zero-order valence-corrected chi connectivity index (χ0v) is 12.3. The predicted octanol–water partition coefficient (Wildman–Crippen LogP) is 3.19. The normalized spacial score (nSPS) is 28.4. The second kappa shape index (κ2) is 9.23. The van der Waals surface area contributed by atoms with Crippen LogP contribution in [0.15, 0.2) is 0 Å². The molecule has 0 aliphatic heterocycles. The Hall–Kier alpha value is 0.270. The summed E-state index contributed by atoms with van der Waals surface area (Å²) < 4.78 is 0. The lowest BCUT2D eigenvalue weighted by atomic mass is 9.96. The van der Waals surface area contributed by atoms with Gasteiger partial charge in [-0.1, -0.05) is 39.5 Å². The van der Waals surface area contributed by atoms with Gasteiger partial charge in [-0.2, -0.15) is 11.8 Å². The van der Waals surface area contributed by atoms with E-state index in [4.69, 9.17) is 5.11 Å². The van der Waals surface area contributed by atoms with E-state index < -0.39 is 0 Å². The second-order valence-electron chi connectivity index (χ2n) is 5.15. The Morgan fingerprint density at radius 2 is 1.94 bits per heavy atom. The molecule has 0 spiro atoms. The Morgan fingerprint density at radius 1 is 1.24 bits per heavy atom. The summed E-state index contributed by atoms with van der Waals surface area (Å²) in [6, 6.07) is 0.687. The fraction of sp³-hybridized carbons (Fsp3) is 1.00. The molecule has 0 bridgehead atoms. The lowest BCUT2D eigenvalue weighted by Crippen LogP contribution is -2.39. The van der Waals surface area contributed by atoms with Gasteiger partial charge in [0.2, 0.25) is 0 Å². The Labute approximate surface area is 111 Å². The number of rotatable bonds is 6. The van der Waals surface area contributed by atoms with Crippen molar-refractivity contribution in [2.75, 3.05) is 13.2 Å². The Bertz CT molecular complexity index is 189. The third-order valence-electron chi connectivity index (χ3n) is 3.61. The van der Waals surface area contributed by atoms with Gasteiger partial charge in [0, 0.05) is 23.1 Å². The maximum atomic E-state index is 9.01. The van der Waals surface area contributed by atoms with E-state index in [9.17, 15) is 0 Å². The third-order valence-corrected chi connectivity index (χ3v) is 5.23. The largest absolute Gasteiger partial charge is 0.396 e. The molecule has 1 saturated carbocycles. The molecule has 3 atom stereocenters. The van der Waals surface area contributed by atoms with Gasteiger partial charge in [0.05, 0.1) is 0 Å². The van der Waals surface area contributed by atoms with E-state index in [0.717, 1.165) is 18.2 Å². The molecule has 0 heterocycles. The summed E-state index contributed by atoms with van der Waals surface area (Å²) in [5.74, 6) is 0. The number of hydrogen-bond acceptors (Lipinski definition) is 3. The molecule has 3 heteroatoms. The van der Waals surface area contributed by atoms with Crippen molar-refractivity contribution in [3.05, 3.63) is 0 Å². The first kappa shape index (κ1) is 15.3. The minimum atomic E-state index is 0.326. The van der Waals surface area contributed by atoms with Crippen LogP contribution in [0.4, 0.5) is 0 Å². The molecule has 102 valence electrons. The smallest absolute Gasteiger partial charge is 0.0441 e. The van der Waals surface area contributed by atoms with Gasteiger partial charge in [-0.3, -0.25) is 0 Å². The van der Waals surface area contributed by atoms with Crippen molar-refractivity contribution in [2.24, 2.45) is 0 Å². The molecule has 0 aromatic rings. The maximum Gasteiger partial charge on any atom is 0.0441 e. The molecule has 3 unspecified atom stereocenters. The van der Waals surface area contributed by atoms with Gasteiger partial charge < -0.3 is 10.4 Å². The van der Waals surface area contributed by atoms with Gasteiger partial charge in [-0.25, -0.2) is 0 Å². The van der Waals surface area contributed by atoms with Gasteiger partial charge in [-0.15, -0.1) is 0 Å². The van der Waals surface area contributed by atoms with Crippen LogP contribution in [0.25, 0.3) is 0 Å². The SMILES string of the molecule is CCNC1CCCCCCC1SC(C)CCO. The Morgan fingerprint density at radius 3 is 2.59 bits per heavy atom. The first-order valence-electron chi connectivity index (χ1n) is 7.27. The molecule has 1 rings (SSSR count).